The van der Waals surface area contributed by atoms with Crippen LogP contribution in [0.3, 0.4) is 0 Å². The van der Waals surface area contributed by atoms with E-state index in [1.165, 1.54) is 10.4 Å². The highest BCUT2D eigenvalue weighted by molar-refractivity contribution is 7.89. The van der Waals surface area contributed by atoms with Crippen molar-refractivity contribution < 1.29 is 13.2 Å². The standard InChI is InChI=1S/C23H26N4O3S/c24-17-18-7-6-8-19(15-18)25-23(28)21-16-20(9-10-22(21)26-11-4-5-12-26)31(29,30)27-13-2-1-3-14-27/h6-10,15-16H,1-5,11-14H2,(H,25,28). The number of hydrogen-bond acceptors (Lipinski definition) is 5. The summed E-state index contributed by atoms with van der Waals surface area (Å²) in [6.07, 6.45) is 4.83. The molecule has 2 aliphatic heterocycles. The van der Waals surface area contributed by atoms with Gasteiger partial charge in [-0.3, -0.25) is 4.79 Å². The lowest BCUT2D eigenvalue weighted by Gasteiger charge is -2.27. The van der Waals surface area contributed by atoms with Gasteiger partial charge in [-0.05, 0) is 62.1 Å². The summed E-state index contributed by atoms with van der Waals surface area (Å²) in [5.41, 5.74) is 2.02. The summed E-state index contributed by atoms with van der Waals surface area (Å²) in [7, 11) is -3.65. The molecule has 2 aliphatic rings. The summed E-state index contributed by atoms with van der Waals surface area (Å²) in [6.45, 7) is 2.70. The average Bonchev–Trinajstić information content (AvgIpc) is 3.34. The van der Waals surface area contributed by atoms with Crippen molar-refractivity contribution in [3.8, 4) is 6.07 Å². The molecule has 2 aromatic carbocycles. The van der Waals surface area contributed by atoms with Crippen molar-refractivity contribution in [3.63, 3.8) is 0 Å². The third-order valence-corrected chi connectivity index (χ3v) is 7.76. The van der Waals surface area contributed by atoms with Gasteiger partial charge in [0.2, 0.25) is 10.0 Å². The van der Waals surface area contributed by atoms with E-state index in [1.807, 2.05) is 0 Å². The maximum absolute atomic E-state index is 13.2. The molecule has 1 amide bonds. The highest BCUT2D eigenvalue weighted by atomic mass is 32.2. The minimum atomic E-state index is -3.65. The van der Waals surface area contributed by atoms with E-state index in [1.54, 1.807) is 36.4 Å². The molecule has 7 nitrogen and oxygen atoms in total. The number of benzene rings is 2. The summed E-state index contributed by atoms with van der Waals surface area (Å²) in [5.74, 6) is -0.382. The summed E-state index contributed by atoms with van der Waals surface area (Å²) in [4.78, 5) is 15.5. The number of anilines is 2. The maximum atomic E-state index is 13.2. The quantitative estimate of drug-likeness (QED) is 0.770. The Bertz CT molecular complexity index is 1110. The van der Waals surface area contributed by atoms with Crippen LogP contribution < -0.4 is 10.2 Å². The van der Waals surface area contributed by atoms with E-state index in [2.05, 4.69) is 16.3 Å². The number of amides is 1. The van der Waals surface area contributed by atoms with Crippen LogP contribution in [0.15, 0.2) is 47.4 Å². The van der Waals surface area contributed by atoms with Crippen LogP contribution in [0.5, 0.6) is 0 Å². The zero-order valence-corrected chi connectivity index (χ0v) is 18.2. The number of rotatable bonds is 5. The Balaban J connectivity index is 1.70. The molecule has 0 bridgehead atoms. The second-order valence-corrected chi connectivity index (χ2v) is 9.92. The largest absolute Gasteiger partial charge is 0.371 e. The molecule has 1 N–H and O–H groups in total. The second-order valence-electron chi connectivity index (χ2n) is 7.98. The Kier molecular flexibility index (Phi) is 6.25. The molecule has 2 fully saturated rings. The molecule has 0 saturated carbocycles. The molecule has 2 aromatic rings. The topological polar surface area (TPSA) is 93.5 Å². The monoisotopic (exact) mass is 438 g/mol. The predicted octanol–water partition coefficient (Wildman–Crippen LogP) is 3.59. The molecule has 0 atom stereocenters. The van der Waals surface area contributed by atoms with Gasteiger partial charge in [0.25, 0.3) is 5.91 Å². The molecule has 0 spiro atoms. The molecule has 4 rings (SSSR count). The van der Waals surface area contributed by atoms with Crippen LogP contribution in [0.25, 0.3) is 0 Å². The lowest BCUT2D eigenvalue weighted by Crippen LogP contribution is -2.35. The van der Waals surface area contributed by atoms with Crippen molar-refractivity contribution in [2.75, 3.05) is 36.4 Å². The Morgan fingerprint density at radius 1 is 0.935 bits per heavy atom. The van der Waals surface area contributed by atoms with E-state index in [0.29, 0.717) is 29.9 Å². The van der Waals surface area contributed by atoms with E-state index >= 15 is 0 Å². The molecule has 0 aliphatic carbocycles. The number of carbonyl (C=O) groups excluding carboxylic acids is 1. The van der Waals surface area contributed by atoms with Crippen LogP contribution in [0.4, 0.5) is 11.4 Å². The van der Waals surface area contributed by atoms with Crippen LogP contribution in [-0.4, -0.2) is 44.8 Å². The Labute approximate surface area is 183 Å². The van der Waals surface area contributed by atoms with Gasteiger partial charge in [-0.15, -0.1) is 0 Å². The number of nitrogens with one attached hydrogen (secondary N) is 1. The molecule has 2 saturated heterocycles. The summed E-state index contributed by atoms with van der Waals surface area (Å²) >= 11 is 0. The first kappa shape index (κ1) is 21.3. The zero-order chi connectivity index (χ0) is 21.8. The van der Waals surface area contributed by atoms with E-state index in [-0.39, 0.29) is 10.8 Å². The molecule has 0 radical (unpaired) electrons. The Hall–Kier alpha value is -2.89. The van der Waals surface area contributed by atoms with E-state index in [9.17, 15) is 13.2 Å². The van der Waals surface area contributed by atoms with Gasteiger partial charge in [0.1, 0.15) is 0 Å². The molecular formula is C23H26N4O3S. The van der Waals surface area contributed by atoms with Crippen LogP contribution >= 0.6 is 0 Å². The minimum Gasteiger partial charge on any atom is -0.371 e. The van der Waals surface area contributed by atoms with Crippen molar-refractivity contribution in [1.82, 2.24) is 4.31 Å². The van der Waals surface area contributed by atoms with Gasteiger partial charge < -0.3 is 10.2 Å². The van der Waals surface area contributed by atoms with Gasteiger partial charge in [0.05, 0.1) is 22.1 Å². The van der Waals surface area contributed by atoms with E-state index in [0.717, 1.165) is 50.9 Å². The zero-order valence-electron chi connectivity index (χ0n) is 17.4. The number of piperidine rings is 1. The predicted molar refractivity (Wildman–Crippen MR) is 120 cm³/mol. The number of nitrogens with zero attached hydrogens (tertiary/aromatic N) is 3. The third kappa shape index (κ3) is 4.58. The molecule has 31 heavy (non-hydrogen) atoms. The van der Waals surface area contributed by atoms with Gasteiger partial charge >= 0.3 is 0 Å². The highest BCUT2D eigenvalue weighted by Gasteiger charge is 2.28. The number of hydrogen-bond donors (Lipinski definition) is 1. The van der Waals surface area contributed by atoms with Crippen LogP contribution in [0.1, 0.15) is 48.0 Å². The molecule has 0 aromatic heterocycles. The fourth-order valence-corrected chi connectivity index (χ4v) is 5.75. The summed E-state index contributed by atoms with van der Waals surface area (Å²) in [5, 5.41) is 11.9. The fourth-order valence-electron chi connectivity index (χ4n) is 4.21. The number of nitriles is 1. The van der Waals surface area contributed by atoms with Crippen LogP contribution in [0.2, 0.25) is 0 Å². The van der Waals surface area contributed by atoms with Crippen LogP contribution in [0, 0.1) is 11.3 Å². The van der Waals surface area contributed by atoms with Gasteiger partial charge in [-0.25, -0.2) is 8.42 Å². The number of sulfonamides is 1. The van der Waals surface area contributed by atoms with Gasteiger partial charge in [-0.1, -0.05) is 12.5 Å². The minimum absolute atomic E-state index is 0.147. The van der Waals surface area contributed by atoms with Gasteiger partial charge in [0, 0.05) is 37.6 Å². The summed E-state index contributed by atoms with van der Waals surface area (Å²) < 4.78 is 27.9. The molecule has 0 unspecified atom stereocenters. The molecule has 8 heteroatoms. The van der Waals surface area contributed by atoms with E-state index < -0.39 is 10.0 Å². The first-order valence-electron chi connectivity index (χ1n) is 10.7. The van der Waals surface area contributed by atoms with Crippen molar-refractivity contribution in [1.29, 1.82) is 5.26 Å². The fraction of sp³-hybridized carbons (Fsp3) is 0.391. The summed E-state index contributed by atoms with van der Waals surface area (Å²) in [6, 6.07) is 13.6. The normalized spacial score (nSPS) is 17.3. The maximum Gasteiger partial charge on any atom is 0.257 e. The molecule has 2 heterocycles. The lowest BCUT2D eigenvalue weighted by molar-refractivity contribution is 0.102. The first-order valence-corrected chi connectivity index (χ1v) is 12.1. The van der Waals surface area contributed by atoms with Crippen LogP contribution in [-0.2, 0) is 10.0 Å². The Morgan fingerprint density at radius 3 is 2.35 bits per heavy atom. The van der Waals surface area contributed by atoms with Crippen molar-refractivity contribution >= 4 is 27.3 Å². The average molecular weight is 439 g/mol. The lowest BCUT2D eigenvalue weighted by atomic mass is 10.1. The van der Waals surface area contributed by atoms with Crippen molar-refractivity contribution in [2.24, 2.45) is 0 Å². The first-order chi connectivity index (χ1) is 15.0. The third-order valence-electron chi connectivity index (χ3n) is 5.86. The SMILES string of the molecule is N#Cc1cccc(NC(=O)c2cc(S(=O)(=O)N3CCCCC3)ccc2N2CCCC2)c1. The second kappa shape index (κ2) is 9.08. The molecular weight excluding hydrogens is 412 g/mol. The molecule has 162 valence electrons. The smallest absolute Gasteiger partial charge is 0.257 e. The van der Waals surface area contributed by atoms with Gasteiger partial charge in [0.15, 0.2) is 0 Å². The van der Waals surface area contributed by atoms with E-state index in [4.69, 9.17) is 5.26 Å². The van der Waals surface area contributed by atoms with Crippen molar-refractivity contribution in [2.45, 2.75) is 37.0 Å². The Morgan fingerprint density at radius 2 is 1.65 bits per heavy atom. The van der Waals surface area contributed by atoms with Crippen molar-refractivity contribution in [3.05, 3.63) is 53.6 Å². The highest BCUT2D eigenvalue weighted by Crippen LogP contribution is 2.30. The number of carbonyl (C=O) groups is 1. The van der Waals surface area contributed by atoms with Gasteiger partial charge in [-0.2, -0.15) is 9.57 Å².